The quantitative estimate of drug-likeness (QED) is 0.860. The fourth-order valence-electron chi connectivity index (χ4n) is 1.06. The number of halogens is 1. The molecule has 0 fully saturated rings. The van der Waals surface area contributed by atoms with Crippen molar-refractivity contribution in [3.63, 3.8) is 0 Å². The van der Waals surface area contributed by atoms with Gasteiger partial charge in [0.2, 0.25) is 5.78 Å². The van der Waals surface area contributed by atoms with Gasteiger partial charge in [0.05, 0.1) is 9.21 Å². The van der Waals surface area contributed by atoms with Crippen LogP contribution in [0.2, 0.25) is 4.34 Å². The third-order valence-corrected chi connectivity index (χ3v) is 3.84. The van der Waals surface area contributed by atoms with Gasteiger partial charge in [-0.3, -0.25) is 4.79 Å². The van der Waals surface area contributed by atoms with E-state index in [0.717, 1.165) is 5.13 Å². The first-order valence-corrected chi connectivity index (χ1v) is 6.21. The maximum atomic E-state index is 11.9. The van der Waals surface area contributed by atoms with Gasteiger partial charge in [-0.05, 0) is 12.1 Å². The molecule has 0 spiro atoms. The summed E-state index contributed by atoms with van der Waals surface area (Å²) in [5, 5.41) is 5.37. The number of carbonyl (C=O) groups is 1. The minimum atomic E-state index is -0.0790. The van der Waals surface area contributed by atoms with Gasteiger partial charge in [0.25, 0.3) is 0 Å². The zero-order chi connectivity index (χ0) is 10.8. The third-order valence-electron chi connectivity index (χ3n) is 1.75. The topological polar surface area (TPSA) is 42.0 Å². The number of hydrogen-bond donors (Lipinski definition) is 1. The summed E-state index contributed by atoms with van der Waals surface area (Å²) >= 11 is 8.44. The number of carbonyl (C=O) groups excluding carboxylic acids is 1. The van der Waals surface area contributed by atoms with E-state index in [0.29, 0.717) is 14.9 Å². The largest absolute Gasteiger partial charge is 0.365 e. The highest BCUT2D eigenvalue weighted by Gasteiger charge is 2.14. The van der Waals surface area contributed by atoms with Crippen LogP contribution >= 0.6 is 34.3 Å². The zero-order valence-corrected chi connectivity index (χ0v) is 10.2. The van der Waals surface area contributed by atoms with E-state index in [1.165, 1.54) is 22.7 Å². The van der Waals surface area contributed by atoms with Gasteiger partial charge in [0.15, 0.2) is 5.13 Å². The number of ketones is 1. The summed E-state index contributed by atoms with van der Waals surface area (Å²) in [5.74, 6) is -0.0790. The summed E-state index contributed by atoms with van der Waals surface area (Å²) in [6.07, 6.45) is 0. The van der Waals surface area contributed by atoms with Crippen molar-refractivity contribution in [1.82, 2.24) is 4.98 Å². The van der Waals surface area contributed by atoms with Crippen LogP contribution in [0.5, 0.6) is 0 Å². The summed E-state index contributed by atoms with van der Waals surface area (Å²) in [6.45, 7) is 0. The van der Waals surface area contributed by atoms with Crippen LogP contribution in [0, 0.1) is 0 Å². The summed E-state index contributed by atoms with van der Waals surface area (Å²) in [6, 6.07) is 3.43. The number of aromatic nitrogens is 1. The fourth-order valence-corrected chi connectivity index (χ4v) is 2.70. The summed E-state index contributed by atoms with van der Waals surface area (Å²) in [4.78, 5) is 16.6. The Bertz CT molecular complexity index is 492. The number of nitrogens with one attached hydrogen (secondary N) is 1. The van der Waals surface area contributed by atoms with Gasteiger partial charge in [-0.1, -0.05) is 11.6 Å². The number of hydrogen-bond acceptors (Lipinski definition) is 5. The van der Waals surface area contributed by atoms with Crippen LogP contribution in [0.1, 0.15) is 15.4 Å². The van der Waals surface area contributed by atoms with Gasteiger partial charge in [0.1, 0.15) is 5.69 Å². The first-order chi connectivity index (χ1) is 7.20. The average Bonchev–Trinajstić information content (AvgIpc) is 2.84. The monoisotopic (exact) mass is 258 g/mol. The Morgan fingerprint density at radius 2 is 2.33 bits per heavy atom. The van der Waals surface area contributed by atoms with E-state index in [1.54, 1.807) is 24.6 Å². The normalized spacial score (nSPS) is 10.3. The molecule has 2 aromatic rings. The second-order valence-electron chi connectivity index (χ2n) is 2.72. The Labute approximate surface area is 99.7 Å². The second kappa shape index (κ2) is 4.30. The summed E-state index contributed by atoms with van der Waals surface area (Å²) < 4.78 is 0.613. The van der Waals surface area contributed by atoms with Gasteiger partial charge < -0.3 is 5.32 Å². The van der Waals surface area contributed by atoms with Gasteiger partial charge in [-0.15, -0.1) is 22.7 Å². The van der Waals surface area contributed by atoms with Crippen LogP contribution < -0.4 is 5.32 Å². The molecule has 0 saturated carbocycles. The van der Waals surface area contributed by atoms with Crippen LogP contribution in [-0.4, -0.2) is 17.8 Å². The van der Waals surface area contributed by atoms with E-state index in [-0.39, 0.29) is 5.78 Å². The highest BCUT2D eigenvalue weighted by Crippen LogP contribution is 2.25. The van der Waals surface area contributed by atoms with E-state index in [9.17, 15) is 4.79 Å². The lowest BCUT2D eigenvalue weighted by Crippen LogP contribution is -1.99. The van der Waals surface area contributed by atoms with Crippen LogP contribution in [0.4, 0.5) is 5.13 Å². The molecule has 6 heteroatoms. The molecule has 2 aromatic heterocycles. The Hall–Kier alpha value is -0.910. The fraction of sp³-hybridized carbons (Fsp3) is 0.111. The summed E-state index contributed by atoms with van der Waals surface area (Å²) in [5.41, 5.74) is 0.461. The first kappa shape index (κ1) is 10.6. The third kappa shape index (κ3) is 2.19. The standard InChI is InChI=1S/C9H7ClN2OS2/c1-11-9-12-5(4-14-9)8(13)6-2-3-7(10)15-6/h2-4H,1H3,(H,11,12). The van der Waals surface area contributed by atoms with E-state index >= 15 is 0 Å². The molecule has 0 bridgehead atoms. The number of thiazole rings is 1. The molecular formula is C9H7ClN2OS2. The van der Waals surface area contributed by atoms with Crippen LogP contribution in [0.3, 0.4) is 0 Å². The molecule has 0 atom stereocenters. The van der Waals surface area contributed by atoms with E-state index < -0.39 is 0 Å². The summed E-state index contributed by atoms with van der Waals surface area (Å²) in [7, 11) is 1.77. The lowest BCUT2D eigenvalue weighted by atomic mass is 10.3. The van der Waals surface area contributed by atoms with Crippen molar-refractivity contribution in [2.24, 2.45) is 0 Å². The lowest BCUT2D eigenvalue weighted by Gasteiger charge is -1.91. The van der Waals surface area contributed by atoms with Crippen molar-refractivity contribution in [3.8, 4) is 0 Å². The SMILES string of the molecule is CNc1nc(C(=O)c2ccc(Cl)s2)cs1. The van der Waals surface area contributed by atoms with Crippen molar-refractivity contribution in [2.75, 3.05) is 12.4 Å². The molecule has 1 N–H and O–H groups in total. The number of rotatable bonds is 3. The molecule has 0 aliphatic carbocycles. The maximum absolute atomic E-state index is 11.9. The molecule has 0 aliphatic rings. The Morgan fingerprint density at radius 1 is 1.53 bits per heavy atom. The van der Waals surface area contributed by atoms with E-state index in [1.807, 2.05) is 0 Å². The molecule has 0 unspecified atom stereocenters. The minimum absolute atomic E-state index is 0.0790. The molecule has 0 saturated heterocycles. The number of nitrogens with zero attached hydrogens (tertiary/aromatic N) is 1. The van der Waals surface area contributed by atoms with Gasteiger partial charge >= 0.3 is 0 Å². The zero-order valence-electron chi connectivity index (χ0n) is 7.78. The van der Waals surface area contributed by atoms with E-state index in [4.69, 9.17) is 11.6 Å². The Balaban J connectivity index is 2.28. The molecule has 2 rings (SSSR count). The van der Waals surface area contributed by atoms with Crippen molar-refractivity contribution in [3.05, 3.63) is 32.4 Å². The van der Waals surface area contributed by atoms with Crippen LogP contribution in [0.25, 0.3) is 0 Å². The van der Waals surface area contributed by atoms with Gasteiger partial charge in [-0.2, -0.15) is 0 Å². The molecule has 0 aromatic carbocycles. The smallest absolute Gasteiger partial charge is 0.222 e. The lowest BCUT2D eigenvalue weighted by molar-refractivity contribution is 0.103. The van der Waals surface area contributed by atoms with Crippen molar-refractivity contribution in [2.45, 2.75) is 0 Å². The molecule has 3 nitrogen and oxygen atoms in total. The first-order valence-electron chi connectivity index (χ1n) is 4.14. The molecule has 0 radical (unpaired) electrons. The van der Waals surface area contributed by atoms with Crippen LogP contribution in [-0.2, 0) is 0 Å². The Morgan fingerprint density at radius 3 is 2.87 bits per heavy atom. The van der Waals surface area contributed by atoms with E-state index in [2.05, 4.69) is 10.3 Å². The van der Waals surface area contributed by atoms with Crippen LogP contribution in [0.15, 0.2) is 17.5 Å². The minimum Gasteiger partial charge on any atom is -0.365 e. The predicted molar refractivity (Wildman–Crippen MR) is 64.4 cm³/mol. The highest BCUT2D eigenvalue weighted by atomic mass is 35.5. The highest BCUT2D eigenvalue weighted by molar-refractivity contribution is 7.18. The van der Waals surface area contributed by atoms with Crippen molar-refractivity contribution >= 4 is 45.2 Å². The van der Waals surface area contributed by atoms with Gasteiger partial charge in [0, 0.05) is 12.4 Å². The molecule has 2 heterocycles. The van der Waals surface area contributed by atoms with Crippen molar-refractivity contribution < 1.29 is 4.79 Å². The molecule has 0 amide bonds. The van der Waals surface area contributed by atoms with Gasteiger partial charge in [-0.25, -0.2) is 4.98 Å². The molecule has 0 aliphatic heterocycles. The molecule has 78 valence electrons. The Kier molecular flexibility index (Phi) is 3.04. The number of anilines is 1. The predicted octanol–water partition coefficient (Wildman–Crippen LogP) is 3.13. The van der Waals surface area contributed by atoms with Crippen molar-refractivity contribution in [1.29, 1.82) is 0 Å². The molecule has 15 heavy (non-hydrogen) atoms. The number of thiophene rings is 1. The average molecular weight is 259 g/mol. The molecular weight excluding hydrogens is 252 g/mol. The maximum Gasteiger partial charge on any atom is 0.222 e. The second-order valence-corrected chi connectivity index (χ2v) is 5.29.